The maximum absolute atomic E-state index is 13.6. The monoisotopic (exact) mass is 462 g/mol. The molecule has 0 unspecified atom stereocenters. The van der Waals surface area contributed by atoms with Gasteiger partial charge >= 0.3 is 0 Å². The van der Waals surface area contributed by atoms with Gasteiger partial charge in [0.15, 0.2) is 5.96 Å². The number of piperidine rings is 1. The highest BCUT2D eigenvalue weighted by Gasteiger charge is 2.22. The Morgan fingerprint density at radius 3 is 2.60 bits per heavy atom. The van der Waals surface area contributed by atoms with Crippen molar-refractivity contribution in [2.75, 3.05) is 33.7 Å². The molecule has 1 aliphatic heterocycles. The first-order chi connectivity index (χ1) is 11.6. The van der Waals surface area contributed by atoms with Crippen LogP contribution in [0.3, 0.4) is 0 Å². The number of halogens is 2. The van der Waals surface area contributed by atoms with Crippen molar-refractivity contribution in [2.24, 2.45) is 10.9 Å². The van der Waals surface area contributed by atoms with Gasteiger partial charge in [-0.2, -0.15) is 0 Å². The van der Waals surface area contributed by atoms with Crippen LogP contribution in [0.5, 0.6) is 0 Å². The van der Waals surface area contributed by atoms with Gasteiger partial charge in [-0.15, -0.1) is 24.0 Å². The SMILES string of the molecule is CN=C(NCCc1ccccc1F)N1CCC(CC(=O)NC)CC1.I. The summed E-state index contributed by atoms with van der Waals surface area (Å²) in [6.45, 7) is 2.42. The molecule has 0 radical (unpaired) electrons. The number of hydrogen-bond acceptors (Lipinski definition) is 2. The average molecular weight is 462 g/mol. The van der Waals surface area contributed by atoms with Crippen molar-refractivity contribution in [1.29, 1.82) is 0 Å². The van der Waals surface area contributed by atoms with Gasteiger partial charge in [0.1, 0.15) is 5.82 Å². The summed E-state index contributed by atoms with van der Waals surface area (Å²) in [7, 11) is 3.45. The molecule has 0 spiro atoms. The minimum absolute atomic E-state index is 0. The van der Waals surface area contributed by atoms with Gasteiger partial charge in [0.05, 0.1) is 0 Å². The summed E-state index contributed by atoms with van der Waals surface area (Å²) in [6.07, 6.45) is 3.20. The first-order valence-corrected chi connectivity index (χ1v) is 8.53. The molecule has 25 heavy (non-hydrogen) atoms. The quantitative estimate of drug-likeness (QED) is 0.402. The second-order valence-corrected chi connectivity index (χ2v) is 6.12. The van der Waals surface area contributed by atoms with E-state index in [0.29, 0.717) is 30.9 Å². The third-order valence-corrected chi connectivity index (χ3v) is 4.51. The van der Waals surface area contributed by atoms with E-state index in [0.717, 1.165) is 31.9 Å². The molecule has 0 bridgehead atoms. The highest BCUT2D eigenvalue weighted by molar-refractivity contribution is 14.0. The van der Waals surface area contributed by atoms with Crippen LogP contribution in [0.15, 0.2) is 29.3 Å². The Balaban J connectivity index is 0.00000312. The summed E-state index contributed by atoms with van der Waals surface area (Å²) in [5.74, 6) is 1.24. The van der Waals surface area contributed by atoms with E-state index in [1.165, 1.54) is 6.07 Å². The molecule has 140 valence electrons. The Hall–Kier alpha value is -1.38. The van der Waals surface area contributed by atoms with Crippen molar-refractivity contribution in [1.82, 2.24) is 15.5 Å². The number of guanidine groups is 1. The van der Waals surface area contributed by atoms with Crippen LogP contribution in [-0.4, -0.2) is 50.5 Å². The van der Waals surface area contributed by atoms with Gasteiger partial charge in [-0.05, 0) is 36.8 Å². The lowest BCUT2D eigenvalue weighted by Crippen LogP contribution is -2.46. The molecule has 0 atom stereocenters. The van der Waals surface area contributed by atoms with E-state index in [-0.39, 0.29) is 35.7 Å². The molecular formula is C18H28FIN4O. The lowest BCUT2D eigenvalue weighted by Gasteiger charge is -2.34. The van der Waals surface area contributed by atoms with Crippen LogP contribution in [-0.2, 0) is 11.2 Å². The van der Waals surface area contributed by atoms with E-state index in [1.54, 1.807) is 20.2 Å². The fourth-order valence-corrected chi connectivity index (χ4v) is 3.06. The Kier molecular flexibility index (Phi) is 9.77. The molecular weight excluding hydrogens is 434 g/mol. The number of benzene rings is 1. The second kappa shape index (κ2) is 11.3. The van der Waals surface area contributed by atoms with E-state index in [9.17, 15) is 9.18 Å². The Labute approximate surface area is 166 Å². The number of nitrogens with zero attached hydrogens (tertiary/aromatic N) is 2. The number of aliphatic imine (C=N–C) groups is 1. The maximum atomic E-state index is 13.6. The van der Waals surface area contributed by atoms with Crippen LogP contribution in [0.4, 0.5) is 4.39 Å². The molecule has 1 aliphatic rings. The molecule has 1 amide bonds. The van der Waals surface area contributed by atoms with E-state index in [1.807, 2.05) is 12.1 Å². The standard InChI is InChI=1S/C18H27FN4O.HI/c1-20-17(24)13-14-8-11-23(12-9-14)18(21-2)22-10-7-15-5-3-4-6-16(15)19;/h3-6,14H,7-13H2,1-2H3,(H,20,24)(H,21,22);1H. The van der Waals surface area contributed by atoms with Gasteiger partial charge in [0.2, 0.25) is 5.91 Å². The number of hydrogen-bond donors (Lipinski definition) is 2. The van der Waals surface area contributed by atoms with Gasteiger partial charge in [-0.25, -0.2) is 4.39 Å². The van der Waals surface area contributed by atoms with Crippen molar-refractivity contribution in [3.05, 3.63) is 35.6 Å². The Bertz CT molecular complexity index is 574. The van der Waals surface area contributed by atoms with Crippen molar-refractivity contribution in [3.63, 3.8) is 0 Å². The molecule has 1 aromatic carbocycles. The summed E-state index contributed by atoms with van der Waals surface area (Å²) in [6, 6.07) is 6.85. The molecule has 1 saturated heterocycles. The normalized spacial score (nSPS) is 15.5. The number of carbonyl (C=O) groups excluding carboxylic acids is 1. The number of likely N-dealkylation sites (tertiary alicyclic amines) is 1. The zero-order valence-electron chi connectivity index (χ0n) is 14.9. The third-order valence-electron chi connectivity index (χ3n) is 4.51. The maximum Gasteiger partial charge on any atom is 0.220 e. The molecule has 2 rings (SSSR count). The van der Waals surface area contributed by atoms with Gasteiger partial charge < -0.3 is 15.5 Å². The van der Waals surface area contributed by atoms with E-state index in [4.69, 9.17) is 0 Å². The minimum Gasteiger partial charge on any atom is -0.359 e. The number of nitrogens with one attached hydrogen (secondary N) is 2. The van der Waals surface area contributed by atoms with Crippen molar-refractivity contribution in [3.8, 4) is 0 Å². The first kappa shape index (κ1) is 21.7. The molecule has 2 N–H and O–H groups in total. The summed E-state index contributed by atoms with van der Waals surface area (Å²) in [4.78, 5) is 18.0. The zero-order valence-corrected chi connectivity index (χ0v) is 17.3. The zero-order chi connectivity index (χ0) is 17.4. The Morgan fingerprint density at radius 2 is 2.00 bits per heavy atom. The van der Waals surface area contributed by atoms with Crippen LogP contribution in [0, 0.1) is 11.7 Å². The van der Waals surface area contributed by atoms with Gasteiger partial charge in [-0.3, -0.25) is 9.79 Å². The molecule has 1 aromatic rings. The predicted octanol–water partition coefficient (Wildman–Crippen LogP) is 2.41. The smallest absolute Gasteiger partial charge is 0.220 e. The molecule has 5 nitrogen and oxygen atoms in total. The van der Waals surface area contributed by atoms with Crippen LogP contribution in [0.1, 0.15) is 24.8 Å². The minimum atomic E-state index is -0.163. The van der Waals surface area contributed by atoms with Crippen molar-refractivity contribution in [2.45, 2.75) is 25.7 Å². The fraction of sp³-hybridized carbons (Fsp3) is 0.556. The van der Waals surface area contributed by atoms with Crippen molar-refractivity contribution >= 4 is 35.8 Å². The number of carbonyl (C=O) groups is 1. The molecule has 1 heterocycles. The number of amides is 1. The van der Waals surface area contributed by atoms with E-state index >= 15 is 0 Å². The summed E-state index contributed by atoms with van der Waals surface area (Å²) < 4.78 is 13.6. The summed E-state index contributed by atoms with van der Waals surface area (Å²) >= 11 is 0. The van der Waals surface area contributed by atoms with Crippen LogP contribution < -0.4 is 10.6 Å². The van der Waals surface area contributed by atoms with Crippen LogP contribution >= 0.6 is 24.0 Å². The lowest BCUT2D eigenvalue weighted by atomic mass is 9.93. The summed E-state index contributed by atoms with van der Waals surface area (Å²) in [5.41, 5.74) is 0.713. The van der Waals surface area contributed by atoms with Crippen LogP contribution in [0.25, 0.3) is 0 Å². The fourth-order valence-electron chi connectivity index (χ4n) is 3.06. The first-order valence-electron chi connectivity index (χ1n) is 8.53. The van der Waals surface area contributed by atoms with Gasteiger partial charge in [0, 0.05) is 40.2 Å². The van der Waals surface area contributed by atoms with Gasteiger partial charge in [-0.1, -0.05) is 18.2 Å². The lowest BCUT2D eigenvalue weighted by molar-refractivity contribution is -0.121. The Morgan fingerprint density at radius 1 is 1.32 bits per heavy atom. The molecule has 0 saturated carbocycles. The van der Waals surface area contributed by atoms with Gasteiger partial charge in [0.25, 0.3) is 0 Å². The van der Waals surface area contributed by atoms with E-state index < -0.39 is 0 Å². The number of rotatable bonds is 5. The van der Waals surface area contributed by atoms with E-state index in [2.05, 4.69) is 20.5 Å². The highest BCUT2D eigenvalue weighted by Crippen LogP contribution is 2.20. The highest BCUT2D eigenvalue weighted by atomic mass is 127. The predicted molar refractivity (Wildman–Crippen MR) is 110 cm³/mol. The summed E-state index contributed by atoms with van der Waals surface area (Å²) in [5, 5.41) is 6.00. The molecule has 1 fully saturated rings. The largest absolute Gasteiger partial charge is 0.359 e. The molecule has 7 heteroatoms. The van der Waals surface area contributed by atoms with Crippen molar-refractivity contribution < 1.29 is 9.18 Å². The average Bonchev–Trinajstić information content (AvgIpc) is 2.61. The van der Waals surface area contributed by atoms with Crippen LogP contribution in [0.2, 0.25) is 0 Å². The third kappa shape index (κ3) is 6.80. The molecule has 0 aliphatic carbocycles. The topological polar surface area (TPSA) is 56.7 Å². The molecule has 0 aromatic heterocycles. The second-order valence-electron chi connectivity index (χ2n) is 6.12.